The number of nitrogens with zero attached hydrogens (tertiary/aromatic N) is 2. The third-order valence-electron chi connectivity index (χ3n) is 4.13. The minimum absolute atomic E-state index is 0.0244. The molecule has 0 unspecified atom stereocenters. The van der Waals surface area contributed by atoms with Gasteiger partial charge in [0.2, 0.25) is 0 Å². The monoisotopic (exact) mass is 277 g/mol. The minimum atomic E-state index is -0.209. The van der Waals surface area contributed by atoms with Gasteiger partial charge in [0.25, 0.3) is 5.56 Å². The number of anilines is 1. The molecule has 1 aliphatic rings. The first-order valence-electron chi connectivity index (χ1n) is 7.80. The standard InChI is InChI=1S/C16H27N3O/c1-16(2,3)19-12-11-18-14(15(19)20)17-10-9-13-7-5-4-6-8-13/h11-13H,4-10H2,1-3H3,(H,17,18). The molecule has 1 fully saturated rings. The summed E-state index contributed by atoms with van der Waals surface area (Å²) in [6.07, 6.45) is 11.4. The molecule has 1 N–H and O–H groups in total. The fraction of sp³-hybridized carbons (Fsp3) is 0.750. The molecule has 1 aliphatic carbocycles. The van der Waals surface area contributed by atoms with Crippen LogP contribution in [-0.4, -0.2) is 16.1 Å². The van der Waals surface area contributed by atoms with Crippen LogP contribution in [0.1, 0.15) is 59.3 Å². The average Bonchev–Trinajstić information content (AvgIpc) is 2.40. The summed E-state index contributed by atoms with van der Waals surface area (Å²) in [5, 5.41) is 3.23. The Labute approximate surface area is 121 Å². The smallest absolute Gasteiger partial charge is 0.293 e. The largest absolute Gasteiger partial charge is 0.365 e. The summed E-state index contributed by atoms with van der Waals surface area (Å²) in [5.41, 5.74) is -0.233. The molecule has 1 aromatic rings. The highest BCUT2D eigenvalue weighted by atomic mass is 16.1. The van der Waals surface area contributed by atoms with Crippen LogP contribution < -0.4 is 10.9 Å². The summed E-state index contributed by atoms with van der Waals surface area (Å²) >= 11 is 0. The van der Waals surface area contributed by atoms with E-state index in [9.17, 15) is 4.79 Å². The second kappa shape index (κ2) is 6.42. The van der Waals surface area contributed by atoms with E-state index in [0.29, 0.717) is 5.82 Å². The van der Waals surface area contributed by atoms with E-state index >= 15 is 0 Å². The number of rotatable bonds is 4. The van der Waals surface area contributed by atoms with Gasteiger partial charge in [0.05, 0.1) is 0 Å². The van der Waals surface area contributed by atoms with Crippen molar-refractivity contribution in [1.29, 1.82) is 0 Å². The Morgan fingerprint density at radius 2 is 2.00 bits per heavy atom. The molecule has 4 heteroatoms. The first-order valence-corrected chi connectivity index (χ1v) is 7.80. The molecule has 1 saturated carbocycles. The van der Waals surface area contributed by atoms with E-state index in [-0.39, 0.29) is 11.1 Å². The van der Waals surface area contributed by atoms with Gasteiger partial charge in [-0.15, -0.1) is 0 Å². The topological polar surface area (TPSA) is 46.9 Å². The van der Waals surface area contributed by atoms with E-state index < -0.39 is 0 Å². The van der Waals surface area contributed by atoms with E-state index in [1.54, 1.807) is 17.0 Å². The first-order chi connectivity index (χ1) is 9.48. The molecule has 0 aliphatic heterocycles. The fourth-order valence-electron chi connectivity index (χ4n) is 2.93. The fourth-order valence-corrected chi connectivity index (χ4v) is 2.93. The summed E-state index contributed by atoms with van der Waals surface area (Å²) in [4.78, 5) is 16.5. The number of hydrogen-bond donors (Lipinski definition) is 1. The lowest BCUT2D eigenvalue weighted by atomic mass is 9.87. The van der Waals surface area contributed by atoms with Crippen molar-refractivity contribution < 1.29 is 0 Å². The number of hydrogen-bond acceptors (Lipinski definition) is 3. The van der Waals surface area contributed by atoms with Crippen LogP contribution >= 0.6 is 0 Å². The van der Waals surface area contributed by atoms with E-state index in [4.69, 9.17) is 0 Å². The van der Waals surface area contributed by atoms with Crippen molar-refractivity contribution in [2.75, 3.05) is 11.9 Å². The molecule has 0 aromatic carbocycles. The van der Waals surface area contributed by atoms with E-state index in [0.717, 1.165) is 18.9 Å². The molecule has 0 amide bonds. The molecule has 0 spiro atoms. The molecule has 1 heterocycles. The van der Waals surface area contributed by atoms with Gasteiger partial charge in [-0.05, 0) is 33.1 Å². The van der Waals surface area contributed by atoms with Gasteiger partial charge in [0.1, 0.15) is 0 Å². The van der Waals surface area contributed by atoms with Crippen molar-refractivity contribution in [3.05, 3.63) is 22.7 Å². The summed E-state index contributed by atoms with van der Waals surface area (Å²) in [6, 6.07) is 0. The summed E-state index contributed by atoms with van der Waals surface area (Å²) < 4.78 is 1.74. The van der Waals surface area contributed by atoms with Crippen molar-refractivity contribution in [2.24, 2.45) is 5.92 Å². The van der Waals surface area contributed by atoms with Crippen molar-refractivity contribution in [3.63, 3.8) is 0 Å². The van der Waals surface area contributed by atoms with Crippen LogP contribution in [0.4, 0.5) is 5.82 Å². The molecular weight excluding hydrogens is 250 g/mol. The Balaban J connectivity index is 1.94. The molecular formula is C16H27N3O. The molecule has 20 heavy (non-hydrogen) atoms. The van der Waals surface area contributed by atoms with E-state index in [1.165, 1.54) is 32.1 Å². The van der Waals surface area contributed by atoms with Crippen LogP contribution in [0, 0.1) is 5.92 Å². The van der Waals surface area contributed by atoms with Gasteiger partial charge in [-0.1, -0.05) is 32.1 Å². The van der Waals surface area contributed by atoms with Crippen molar-refractivity contribution >= 4 is 5.82 Å². The first kappa shape index (κ1) is 15.1. The number of aromatic nitrogens is 2. The minimum Gasteiger partial charge on any atom is -0.365 e. The molecule has 0 atom stereocenters. The zero-order valence-electron chi connectivity index (χ0n) is 13.0. The van der Waals surface area contributed by atoms with Gasteiger partial charge < -0.3 is 9.88 Å². The van der Waals surface area contributed by atoms with Crippen LogP contribution in [-0.2, 0) is 5.54 Å². The predicted octanol–water partition coefficient (Wildman–Crippen LogP) is 3.38. The average molecular weight is 277 g/mol. The van der Waals surface area contributed by atoms with Crippen LogP contribution in [0.5, 0.6) is 0 Å². The summed E-state index contributed by atoms with van der Waals surface area (Å²) in [6.45, 7) is 6.93. The van der Waals surface area contributed by atoms with Crippen molar-refractivity contribution in [2.45, 2.75) is 64.8 Å². The molecule has 112 valence electrons. The predicted molar refractivity (Wildman–Crippen MR) is 83.2 cm³/mol. The van der Waals surface area contributed by atoms with Gasteiger partial charge in [-0.3, -0.25) is 4.79 Å². The zero-order chi connectivity index (χ0) is 14.6. The second-order valence-corrected chi connectivity index (χ2v) is 6.84. The van der Waals surface area contributed by atoms with Crippen LogP contribution in [0.3, 0.4) is 0 Å². The molecule has 1 aromatic heterocycles. The molecule has 0 radical (unpaired) electrons. The lowest BCUT2D eigenvalue weighted by molar-refractivity contribution is 0.345. The van der Waals surface area contributed by atoms with Gasteiger partial charge >= 0.3 is 0 Å². The summed E-state index contributed by atoms with van der Waals surface area (Å²) in [5.74, 6) is 1.31. The van der Waals surface area contributed by atoms with E-state index in [1.807, 2.05) is 20.8 Å². The lowest BCUT2D eigenvalue weighted by Crippen LogP contribution is -2.35. The number of nitrogens with one attached hydrogen (secondary N) is 1. The third kappa shape index (κ3) is 3.84. The van der Waals surface area contributed by atoms with Crippen LogP contribution in [0.25, 0.3) is 0 Å². The van der Waals surface area contributed by atoms with E-state index in [2.05, 4.69) is 10.3 Å². The Kier molecular flexibility index (Phi) is 4.84. The van der Waals surface area contributed by atoms with Gasteiger partial charge in [-0.25, -0.2) is 4.98 Å². The summed E-state index contributed by atoms with van der Waals surface area (Å²) in [7, 11) is 0. The maximum Gasteiger partial charge on any atom is 0.293 e. The Morgan fingerprint density at radius 1 is 1.30 bits per heavy atom. The Bertz CT molecular complexity index is 481. The van der Waals surface area contributed by atoms with Crippen molar-refractivity contribution in [3.8, 4) is 0 Å². The quantitative estimate of drug-likeness (QED) is 0.917. The second-order valence-electron chi connectivity index (χ2n) is 6.84. The third-order valence-corrected chi connectivity index (χ3v) is 4.13. The SMILES string of the molecule is CC(C)(C)n1ccnc(NCCC2CCCCC2)c1=O. The van der Waals surface area contributed by atoms with Gasteiger partial charge in [-0.2, -0.15) is 0 Å². The molecule has 4 nitrogen and oxygen atoms in total. The van der Waals surface area contributed by atoms with Crippen LogP contribution in [0.2, 0.25) is 0 Å². The maximum atomic E-state index is 12.3. The zero-order valence-corrected chi connectivity index (χ0v) is 13.0. The highest BCUT2D eigenvalue weighted by Gasteiger charge is 2.17. The van der Waals surface area contributed by atoms with Crippen LogP contribution in [0.15, 0.2) is 17.2 Å². The maximum absolute atomic E-state index is 12.3. The highest BCUT2D eigenvalue weighted by Crippen LogP contribution is 2.25. The van der Waals surface area contributed by atoms with Gasteiger partial charge in [0, 0.05) is 24.5 Å². The lowest BCUT2D eigenvalue weighted by Gasteiger charge is -2.23. The van der Waals surface area contributed by atoms with Gasteiger partial charge in [0.15, 0.2) is 5.82 Å². The highest BCUT2D eigenvalue weighted by molar-refractivity contribution is 5.30. The normalized spacial score (nSPS) is 17.1. The Morgan fingerprint density at radius 3 is 2.65 bits per heavy atom. The molecule has 0 bridgehead atoms. The molecule has 2 rings (SSSR count). The Hall–Kier alpha value is -1.32. The molecule has 0 saturated heterocycles. The van der Waals surface area contributed by atoms with Crippen molar-refractivity contribution in [1.82, 2.24) is 9.55 Å².